The quantitative estimate of drug-likeness (QED) is 0.469. The highest BCUT2D eigenvalue weighted by Crippen LogP contribution is 2.41. The van der Waals surface area contributed by atoms with Crippen LogP contribution in [0.5, 0.6) is 0 Å². The molecular weight excluding hydrogens is 567 g/mol. The van der Waals surface area contributed by atoms with E-state index in [9.17, 15) is 27.2 Å². The number of rotatable bonds is 6. The lowest BCUT2D eigenvalue weighted by Gasteiger charge is -2.35. The van der Waals surface area contributed by atoms with E-state index in [4.69, 9.17) is 9.15 Å². The molecular formula is C29H37FN4O7S. The Hall–Kier alpha value is -3.45. The topological polar surface area (TPSA) is 138 Å². The number of urea groups is 1. The number of carbonyl (C=O) groups is 3. The van der Waals surface area contributed by atoms with Crippen molar-refractivity contribution < 1.29 is 36.3 Å². The van der Waals surface area contributed by atoms with Gasteiger partial charge in [-0.3, -0.25) is 9.69 Å². The predicted octanol–water partition coefficient (Wildman–Crippen LogP) is 4.16. The fraction of sp³-hybridized carbons (Fsp3) is 0.552. The van der Waals surface area contributed by atoms with Gasteiger partial charge in [0, 0.05) is 37.9 Å². The molecule has 0 unspecified atom stereocenters. The minimum absolute atomic E-state index is 0.0968. The van der Waals surface area contributed by atoms with Crippen molar-refractivity contribution in [3.63, 3.8) is 0 Å². The van der Waals surface area contributed by atoms with E-state index in [1.54, 1.807) is 25.7 Å². The van der Waals surface area contributed by atoms with Gasteiger partial charge in [0.05, 0.1) is 12.1 Å². The number of carbonyl (C=O) groups excluding carboxylic acids is 3. The average Bonchev–Trinajstić information content (AvgIpc) is 3.66. The number of ether oxygens (including phenoxy) is 1. The summed E-state index contributed by atoms with van der Waals surface area (Å²) in [5.74, 6) is -0.424. The fourth-order valence-corrected chi connectivity index (χ4v) is 6.80. The summed E-state index contributed by atoms with van der Waals surface area (Å²) in [5.41, 5.74) is 2.65. The molecule has 2 aromatic rings. The Labute approximate surface area is 244 Å². The van der Waals surface area contributed by atoms with Gasteiger partial charge in [0.15, 0.2) is 5.78 Å². The third kappa shape index (κ3) is 6.17. The molecule has 11 nitrogen and oxygen atoms in total. The van der Waals surface area contributed by atoms with Crippen LogP contribution in [0.25, 0.3) is 0 Å². The van der Waals surface area contributed by atoms with Crippen LogP contribution in [0.2, 0.25) is 0 Å². The van der Waals surface area contributed by atoms with Crippen molar-refractivity contribution in [1.29, 1.82) is 0 Å². The number of furan rings is 1. The van der Waals surface area contributed by atoms with Crippen LogP contribution in [-0.4, -0.2) is 67.9 Å². The van der Waals surface area contributed by atoms with Crippen LogP contribution in [0.4, 0.5) is 19.7 Å². The number of fused-ring (bicyclic) bond motifs is 2. The molecule has 0 bridgehead atoms. The second kappa shape index (κ2) is 11.3. The molecule has 3 aliphatic rings. The van der Waals surface area contributed by atoms with Crippen LogP contribution in [0.3, 0.4) is 0 Å². The van der Waals surface area contributed by atoms with Gasteiger partial charge in [-0.15, -0.1) is 0 Å². The van der Waals surface area contributed by atoms with Crippen molar-refractivity contribution in [2.75, 3.05) is 31.5 Å². The molecule has 3 amide bonds. The van der Waals surface area contributed by atoms with Crippen molar-refractivity contribution in [2.24, 2.45) is 0 Å². The first-order valence-corrected chi connectivity index (χ1v) is 15.7. The Morgan fingerprint density at radius 2 is 1.55 bits per heavy atom. The standard InChI is InChI=1S/C29H37FN4O7S/c1-17(35)22-15-24(40-23(22)16-33-11-13-34(14-12-33)28(37)41-29(2,3)4)42(38,39)32-27(36)31-26-20-9-5-7-18(20)25(30)19-8-6-10-21(19)26/h15H,5-14,16H2,1-4H3,(H2,31,32,36). The number of hydrogen-bond donors (Lipinski definition) is 2. The highest BCUT2D eigenvalue weighted by atomic mass is 32.2. The Morgan fingerprint density at radius 1 is 0.976 bits per heavy atom. The third-order valence-electron chi connectivity index (χ3n) is 7.86. The molecule has 2 aliphatic carbocycles. The van der Waals surface area contributed by atoms with Gasteiger partial charge in [0.1, 0.15) is 17.2 Å². The number of ketones is 1. The van der Waals surface area contributed by atoms with Gasteiger partial charge >= 0.3 is 12.1 Å². The zero-order valence-corrected chi connectivity index (χ0v) is 25.2. The Bertz CT molecular complexity index is 1500. The average molecular weight is 605 g/mol. The molecule has 2 heterocycles. The second-order valence-electron chi connectivity index (χ2n) is 12.1. The minimum atomic E-state index is -4.47. The SMILES string of the molecule is CC(=O)c1cc(S(=O)(=O)NC(=O)Nc2c3c(c(F)c4c2CCC4)CCC3)oc1CN1CCN(C(=O)OC(C)(C)C)CC1. The summed E-state index contributed by atoms with van der Waals surface area (Å²) in [4.78, 5) is 41.2. The molecule has 1 aromatic carbocycles. The number of halogens is 1. The molecule has 2 N–H and O–H groups in total. The molecule has 0 saturated carbocycles. The summed E-state index contributed by atoms with van der Waals surface area (Å²) in [7, 11) is -4.47. The second-order valence-corrected chi connectivity index (χ2v) is 13.7. The van der Waals surface area contributed by atoms with Crippen molar-refractivity contribution >= 4 is 33.6 Å². The molecule has 1 saturated heterocycles. The summed E-state index contributed by atoms with van der Waals surface area (Å²) in [6, 6.07) is 0.141. The van der Waals surface area contributed by atoms with E-state index in [1.165, 1.54) is 6.92 Å². The van der Waals surface area contributed by atoms with E-state index in [1.807, 2.05) is 9.62 Å². The number of piperazine rings is 1. The molecule has 5 rings (SSSR count). The maximum Gasteiger partial charge on any atom is 0.410 e. The zero-order valence-electron chi connectivity index (χ0n) is 24.4. The smallest absolute Gasteiger partial charge is 0.410 e. The number of amides is 3. The number of anilines is 1. The van der Waals surface area contributed by atoms with Gasteiger partial charge in [-0.05, 0) is 88.5 Å². The van der Waals surface area contributed by atoms with Gasteiger partial charge < -0.3 is 19.4 Å². The summed E-state index contributed by atoms with van der Waals surface area (Å²) >= 11 is 0. The van der Waals surface area contributed by atoms with Gasteiger partial charge in [0.25, 0.3) is 10.0 Å². The van der Waals surface area contributed by atoms with E-state index >= 15 is 0 Å². The molecule has 13 heteroatoms. The molecule has 42 heavy (non-hydrogen) atoms. The number of Topliss-reactive ketones (excluding diaryl/α,β-unsaturated/α-hetero) is 1. The lowest BCUT2D eigenvalue weighted by molar-refractivity contribution is 0.0133. The van der Waals surface area contributed by atoms with Crippen molar-refractivity contribution in [3.05, 3.63) is 45.5 Å². The van der Waals surface area contributed by atoms with Crippen LogP contribution >= 0.6 is 0 Å². The minimum Gasteiger partial charge on any atom is -0.446 e. The molecule has 1 aliphatic heterocycles. The van der Waals surface area contributed by atoms with Crippen LogP contribution in [0.15, 0.2) is 15.6 Å². The molecule has 0 radical (unpaired) electrons. The van der Waals surface area contributed by atoms with Gasteiger partial charge in [-0.1, -0.05) is 0 Å². The van der Waals surface area contributed by atoms with Gasteiger partial charge in [0.2, 0.25) is 5.09 Å². The number of nitrogens with one attached hydrogen (secondary N) is 2. The fourth-order valence-electron chi connectivity index (χ4n) is 5.92. The molecule has 1 fully saturated rings. The van der Waals surface area contributed by atoms with E-state index in [2.05, 4.69) is 5.32 Å². The van der Waals surface area contributed by atoms with E-state index < -0.39 is 32.8 Å². The maximum atomic E-state index is 15.0. The van der Waals surface area contributed by atoms with E-state index in [0.29, 0.717) is 68.7 Å². The van der Waals surface area contributed by atoms with Crippen LogP contribution in [-0.2, 0) is 47.0 Å². The lowest BCUT2D eigenvalue weighted by Crippen LogP contribution is -2.49. The number of nitrogens with zero attached hydrogens (tertiary/aromatic N) is 2. The Morgan fingerprint density at radius 3 is 2.10 bits per heavy atom. The monoisotopic (exact) mass is 604 g/mol. The van der Waals surface area contributed by atoms with Crippen molar-refractivity contribution in [3.8, 4) is 0 Å². The maximum absolute atomic E-state index is 15.0. The lowest BCUT2D eigenvalue weighted by atomic mass is 9.98. The Balaban J connectivity index is 1.27. The predicted molar refractivity (Wildman–Crippen MR) is 152 cm³/mol. The summed E-state index contributed by atoms with van der Waals surface area (Å²) < 4.78 is 54.4. The Kier molecular flexibility index (Phi) is 8.10. The first-order chi connectivity index (χ1) is 19.7. The zero-order chi connectivity index (χ0) is 30.4. The highest BCUT2D eigenvalue weighted by Gasteiger charge is 2.32. The number of hydrogen-bond acceptors (Lipinski definition) is 8. The highest BCUT2D eigenvalue weighted by molar-refractivity contribution is 7.89. The summed E-state index contributed by atoms with van der Waals surface area (Å²) in [6.07, 6.45) is 3.52. The first-order valence-electron chi connectivity index (χ1n) is 14.3. The van der Waals surface area contributed by atoms with Gasteiger partial charge in [-0.25, -0.2) is 18.7 Å². The van der Waals surface area contributed by atoms with E-state index in [-0.39, 0.29) is 29.5 Å². The number of sulfonamides is 1. The first kappa shape index (κ1) is 30.0. The van der Waals surface area contributed by atoms with Crippen LogP contribution in [0, 0.1) is 5.82 Å². The molecule has 1 aromatic heterocycles. The largest absolute Gasteiger partial charge is 0.446 e. The van der Waals surface area contributed by atoms with E-state index in [0.717, 1.165) is 30.0 Å². The summed E-state index contributed by atoms with van der Waals surface area (Å²) in [5, 5.41) is 2.12. The van der Waals surface area contributed by atoms with Gasteiger partial charge in [-0.2, -0.15) is 8.42 Å². The molecule has 0 spiro atoms. The van der Waals surface area contributed by atoms with Crippen LogP contribution in [0.1, 0.15) is 78.9 Å². The summed E-state index contributed by atoms with van der Waals surface area (Å²) in [6.45, 7) is 8.57. The van der Waals surface area contributed by atoms with Crippen molar-refractivity contribution in [2.45, 2.75) is 83.5 Å². The normalized spacial score (nSPS) is 17.1. The van der Waals surface area contributed by atoms with Crippen LogP contribution < -0.4 is 10.0 Å². The third-order valence-corrected chi connectivity index (χ3v) is 9.04. The van der Waals surface area contributed by atoms with Crippen molar-refractivity contribution in [1.82, 2.24) is 14.5 Å². The molecule has 228 valence electrons. The number of benzene rings is 1. The molecule has 0 atom stereocenters.